The average molecular weight is 477 g/mol. The molecule has 3 N–H and O–H groups in total. The van der Waals surface area contributed by atoms with Crippen LogP contribution in [0.5, 0.6) is 0 Å². The highest BCUT2D eigenvalue weighted by Gasteiger charge is 2.14. The molecule has 0 spiro atoms. The molecule has 7 heteroatoms. The maximum Gasteiger partial charge on any atom is 0.251 e. The summed E-state index contributed by atoms with van der Waals surface area (Å²) >= 11 is 0. The number of aryl methyl sites for hydroxylation is 1. The first kappa shape index (κ1) is 25.9. The molecule has 0 aromatic heterocycles. The van der Waals surface area contributed by atoms with Gasteiger partial charge in [-0.1, -0.05) is 48.5 Å². The monoisotopic (exact) mass is 476 g/mol. The van der Waals surface area contributed by atoms with E-state index in [1.165, 1.54) is 17.7 Å². The summed E-state index contributed by atoms with van der Waals surface area (Å²) in [6.45, 7) is 7.51. The Labute approximate surface area is 206 Å². The van der Waals surface area contributed by atoms with Crippen LogP contribution in [0.25, 0.3) is 0 Å². The van der Waals surface area contributed by atoms with E-state index in [9.17, 15) is 14.0 Å². The molecule has 0 saturated carbocycles. The molecule has 0 radical (unpaired) electrons. The topological polar surface area (TPSA) is 73.5 Å². The third-order valence-corrected chi connectivity index (χ3v) is 5.78. The van der Waals surface area contributed by atoms with Crippen molar-refractivity contribution in [1.29, 1.82) is 0 Å². The van der Waals surface area contributed by atoms with Crippen molar-refractivity contribution >= 4 is 23.7 Å². The molecule has 1 fully saturated rings. The Morgan fingerprint density at radius 3 is 2.43 bits per heavy atom. The average Bonchev–Trinajstić information content (AvgIpc) is 2.86. The van der Waals surface area contributed by atoms with Crippen molar-refractivity contribution < 1.29 is 14.0 Å². The number of piperazine rings is 1. The van der Waals surface area contributed by atoms with Gasteiger partial charge in [0.2, 0.25) is 6.41 Å². The lowest BCUT2D eigenvalue weighted by atomic mass is 10.1. The van der Waals surface area contributed by atoms with Gasteiger partial charge in [0.15, 0.2) is 0 Å². The van der Waals surface area contributed by atoms with E-state index in [1.54, 1.807) is 6.07 Å². The zero-order valence-electron chi connectivity index (χ0n) is 20.3. The minimum Gasteiger partial charge on any atom is -0.367 e. The maximum atomic E-state index is 13.1. The van der Waals surface area contributed by atoms with Crippen LogP contribution in [0.1, 0.15) is 28.4 Å². The quantitative estimate of drug-likeness (QED) is 0.448. The van der Waals surface area contributed by atoms with E-state index in [2.05, 4.69) is 33.0 Å². The maximum absolute atomic E-state index is 13.1. The fraction of sp³-hybridized carbons (Fsp3) is 0.286. The van der Waals surface area contributed by atoms with E-state index in [0.29, 0.717) is 12.1 Å². The highest BCUT2D eigenvalue weighted by Crippen LogP contribution is 2.26. The van der Waals surface area contributed by atoms with Crippen molar-refractivity contribution in [3.63, 3.8) is 0 Å². The molecule has 1 atom stereocenters. The Kier molecular flexibility index (Phi) is 9.80. The second-order valence-corrected chi connectivity index (χ2v) is 8.54. The van der Waals surface area contributed by atoms with Gasteiger partial charge in [0, 0.05) is 37.8 Å². The second-order valence-electron chi connectivity index (χ2n) is 8.54. The van der Waals surface area contributed by atoms with Gasteiger partial charge in [-0.25, -0.2) is 4.39 Å². The smallest absolute Gasteiger partial charge is 0.251 e. The van der Waals surface area contributed by atoms with Crippen molar-refractivity contribution in [2.75, 3.05) is 36.4 Å². The second kappa shape index (κ2) is 13.2. The Morgan fingerprint density at radius 2 is 1.74 bits per heavy atom. The summed E-state index contributed by atoms with van der Waals surface area (Å²) in [7, 11) is 0. The summed E-state index contributed by atoms with van der Waals surface area (Å²) in [6, 6.07) is 22.4. The van der Waals surface area contributed by atoms with Crippen LogP contribution >= 0.6 is 0 Å². The molecule has 2 amide bonds. The van der Waals surface area contributed by atoms with E-state index in [1.807, 2.05) is 56.3 Å². The summed E-state index contributed by atoms with van der Waals surface area (Å²) in [5.41, 5.74) is 4.39. The van der Waals surface area contributed by atoms with Gasteiger partial charge in [-0.15, -0.1) is 0 Å². The van der Waals surface area contributed by atoms with Gasteiger partial charge in [-0.2, -0.15) is 0 Å². The molecular weight excluding hydrogens is 443 g/mol. The van der Waals surface area contributed by atoms with E-state index < -0.39 is 0 Å². The predicted molar refractivity (Wildman–Crippen MR) is 139 cm³/mol. The van der Waals surface area contributed by atoms with Crippen molar-refractivity contribution in [3.05, 3.63) is 95.3 Å². The SMILES string of the molecule is Cc1ccccc1C(=O)NC(C)Cc1ccccc1.O=CNc1cc(F)ccc1N1CCNCC1. The summed E-state index contributed by atoms with van der Waals surface area (Å²) < 4.78 is 13.1. The zero-order chi connectivity index (χ0) is 25.0. The minimum absolute atomic E-state index is 0.00142. The van der Waals surface area contributed by atoms with Gasteiger partial charge in [0.25, 0.3) is 5.91 Å². The molecule has 0 bridgehead atoms. The minimum atomic E-state index is -0.344. The highest BCUT2D eigenvalue weighted by atomic mass is 19.1. The number of nitrogens with zero attached hydrogens (tertiary/aromatic N) is 1. The molecule has 3 aromatic rings. The lowest BCUT2D eigenvalue weighted by molar-refractivity contribution is -0.105. The van der Waals surface area contributed by atoms with Crippen LogP contribution in [0.3, 0.4) is 0 Å². The van der Waals surface area contributed by atoms with Crippen LogP contribution in [-0.2, 0) is 11.2 Å². The molecular formula is C28H33FN4O2. The first-order valence-electron chi connectivity index (χ1n) is 11.8. The molecule has 3 aromatic carbocycles. The van der Waals surface area contributed by atoms with Crippen molar-refractivity contribution in [2.24, 2.45) is 0 Å². The molecule has 1 saturated heterocycles. The van der Waals surface area contributed by atoms with Crippen LogP contribution < -0.4 is 20.9 Å². The van der Waals surface area contributed by atoms with Crippen LogP contribution in [-0.4, -0.2) is 44.5 Å². The van der Waals surface area contributed by atoms with E-state index in [4.69, 9.17) is 0 Å². The van der Waals surface area contributed by atoms with Crippen LogP contribution in [0, 0.1) is 12.7 Å². The third-order valence-electron chi connectivity index (χ3n) is 5.78. The molecule has 35 heavy (non-hydrogen) atoms. The molecule has 4 rings (SSSR count). The van der Waals surface area contributed by atoms with E-state index in [-0.39, 0.29) is 17.8 Å². The van der Waals surface area contributed by atoms with E-state index >= 15 is 0 Å². The highest BCUT2D eigenvalue weighted by molar-refractivity contribution is 5.95. The number of carbonyl (C=O) groups is 2. The first-order chi connectivity index (χ1) is 17.0. The third kappa shape index (κ3) is 7.93. The van der Waals surface area contributed by atoms with Crippen molar-refractivity contribution in [1.82, 2.24) is 10.6 Å². The van der Waals surface area contributed by atoms with Gasteiger partial charge in [-0.05, 0) is 55.7 Å². The number of amides is 2. The summed E-state index contributed by atoms with van der Waals surface area (Å²) in [5.74, 6) is -0.343. The fourth-order valence-corrected chi connectivity index (χ4v) is 4.02. The van der Waals surface area contributed by atoms with Crippen LogP contribution in [0.4, 0.5) is 15.8 Å². The van der Waals surface area contributed by atoms with Crippen molar-refractivity contribution in [2.45, 2.75) is 26.3 Å². The number of hydrogen-bond donors (Lipinski definition) is 3. The van der Waals surface area contributed by atoms with E-state index in [0.717, 1.165) is 49.4 Å². The number of carbonyl (C=O) groups excluding carboxylic acids is 2. The van der Waals surface area contributed by atoms with Crippen LogP contribution in [0.15, 0.2) is 72.8 Å². The first-order valence-corrected chi connectivity index (χ1v) is 11.8. The Balaban J connectivity index is 0.000000198. The summed E-state index contributed by atoms with van der Waals surface area (Å²) in [6.07, 6.45) is 1.42. The van der Waals surface area contributed by atoms with Gasteiger partial charge in [-0.3, -0.25) is 9.59 Å². The molecule has 1 aliphatic rings. The number of rotatable bonds is 7. The van der Waals surface area contributed by atoms with Gasteiger partial charge in [0.05, 0.1) is 11.4 Å². The Bertz CT molecular complexity index is 1100. The predicted octanol–water partition coefficient (Wildman–Crippen LogP) is 4.16. The normalized spacial score (nSPS) is 13.7. The number of anilines is 2. The number of nitrogens with one attached hydrogen (secondary N) is 3. The van der Waals surface area contributed by atoms with Crippen LogP contribution in [0.2, 0.25) is 0 Å². The number of halogens is 1. The van der Waals surface area contributed by atoms with Gasteiger partial charge >= 0.3 is 0 Å². The Morgan fingerprint density at radius 1 is 1.06 bits per heavy atom. The van der Waals surface area contributed by atoms with Crippen molar-refractivity contribution in [3.8, 4) is 0 Å². The molecule has 0 aliphatic carbocycles. The standard InChI is InChI=1S/C17H19NO.C11H14FN3O/c1-13-8-6-7-11-16(13)17(19)18-14(2)12-15-9-4-3-5-10-15;12-9-1-2-11(10(7-9)14-8-16)15-5-3-13-4-6-15/h3-11,14H,12H2,1-2H3,(H,18,19);1-2,7-8,13H,3-6H2,(H,14,16). The number of benzene rings is 3. The lowest BCUT2D eigenvalue weighted by Gasteiger charge is -2.30. The fourth-order valence-electron chi connectivity index (χ4n) is 4.02. The molecule has 1 aliphatic heterocycles. The largest absolute Gasteiger partial charge is 0.367 e. The zero-order valence-corrected chi connectivity index (χ0v) is 20.3. The Hall–Kier alpha value is -3.71. The summed E-state index contributed by atoms with van der Waals surface area (Å²) in [4.78, 5) is 24.7. The lowest BCUT2D eigenvalue weighted by Crippen LogP contribution is -2.43. The summed E-state index contributed by atoms with van der Waals surface area (Å²) in [5, 5.41) is 8.82. The van der Waals surface area contributed by atoms with Gasteiger partial charge in [0.1, 0.15) is 5.82 Å². The molecule has 1 unspecified atom stereocenters. The molecule has 6 nitrogen and oxygen atoms in total. The van der Waals surface area contributed by atoms with Gasteiger partial charge < -0.3 is 20.9 Å². The molecule has 1 heterocycles. The number of hydrogen-bond acceptors (Lipinski definition) is 4. The molecule has 184 valence electrons.